The van der Waals surface area contributed by atoms with Crippen LogP contribution < -0.4 is 10.0 Å². The van der Waals surface area contributed by atoms with Crippen LogP contribution in [0.4, 0.5) is 10.8 Å². The number of carbonyl (C=O) groups excluding carboxylic acids is 1. The monoisotopic (exact) mass is 391 g/mol. The topological polar surface area (TPSA) is 106 Å². The number of benzene rings is 1. The molecule has 2 aromatic heterocycles. The van der Waals surface area contributed by atoms with Crippen molar-refractivity contribution in [3.63, 3.8) is 0 Å². The van der Waals surface area contributed by atoms with Crippen LogP contribution in [0.25, 0.3) is 11.3 Å². The SMILES string of the molecule is Cc1c(C(=O)Nc2nc(-c3ccc(NS(C)(=O)=O)cc3)cs2)cnn1C. The molecule has 1 amide bonds. The molecule has 2 N–H and O–H groups in total. The van der Waals surface area contributed by atoms with Crippen molar-refractivity contribution in [2.24, 2.45) is 7.05 Å². The lowest BCUT2D eigenvalue weighted by molar-refractivity contribution is 0.102. The van der Waals surface area contributed by atoms with E-state index >= 15 is 0 Å². The summed E-state index contributed by atoms with van der Waals surface area (Å²) < 4.78 is 26.5. The number of aryl methyl sites for hydroxylation is 1. The smallest absolute Gasteiger partial charge is 0.260 e. The van der Waals surface area contributed by atoms with E-state index in [1.54, 1.807) is 36.0 Å². The fourth-order valence-electron chi connectivity index (χ4n) is 2.27. The van der Waals surface area contributed by atoms with Crippen molar-refractivity contribution in [3.8, 4) is 11.3 Å². The van der Waals surface area contributed by atoms with Crippen LogP contribution >= 0.6 is 11.3 Å². The van der Waals surface area contributed by atoms with Crippen LogP contribution in [-0.4, -0.2) is 35.3 Å². The summed E-state index contributed by atoms with van der Waals surface area (Å²) in [7, 11) is -1.54. The second-order valence-corrected chi connectivity index (χ2v) is 8.32. The molecule has 0 bridgehead atoms. The van der Waals surface area contributed by atoms with Gasteiger partial charge in [0, 0.05) is 29.4 Å². The highest BCUT2D eigenvalue weighted by Gasteiger charge is 2.15. The molecule has 1 aromatic carbocycles. The first-order chi connectivity index (χ1) is 12.2. The van der Waals surface area contributed by atoms with E-state index in [1.807, 2.05) is 12.3 Å². The Morgan fingerprint density at radius 2 is 1.92 bits per heavy atom. The van der Waals surface area contributed by atoms with Crippen LogP contribution in [0, 0.1) is 6.92 Å². The molecule has 0 unspecified atom stereocenters. The third kappa shape index (κ3) is 4.09. The molecule has 0 spiro atoms. The largest absolute Gasteiger partial charge is 0.298 e. The molecular formula is C16H17N5O3S2. The summed E-state index contributed by atoms with van der Waals surface area (Å²) in [6.07, 6.45) is 2.62. The van der Waals surface area contributed by atoms with E-state index in [4.69, 9.17) is 0 Å². The number of nitrogens with one attached hydrogen (secondary N) is 2. The Kier molecular flexibility index (Phi) is 4.79. The van der Waals surface area contributed by atoms with E-state index in [-0.39, 0.29) is 5.91 Å². The van der Waals surface area contributed by atoms with Crippen molar-refractivity contribution in [2.75, 3.05) is 16.3 Å². The number of anilines is 2. The second kappa shape index (κ2) is 6.89. The van der Waals surface area contributed by atoms with Gasteiger partial charge in [-0.3, -0.25) is 19.5 Å². The highest BCUT2D eigenvalue weighted by molar-refractivity contribution is 7.92. The van der Waals surface area contributed by atoms with Crippen molar-refractivity contribution in [2.45, 2.75) is 6.92 Å². The molecule has 0 saturated carbocycles. The first kappa shape index (κ1) is 18.1. The number of carbonyl (C=O) groups is 1. The Bertz CT molecular complexity index is 1050. The van der Waals surface area contributed by atoms with E-state index < -0.39 is 10.0 Å². The Balaban J connectivity index is 1.73. The molecule has 0 radical (unpaired) electrons. The van der Waals surface area contributed by atoms with Gasteiger partial charge in [0.15, 0.2) is 5.13 Å². The van der Waals surface area contributed by atoms with Gasteiger partial charge in [-0.15, -0.1) is 11.3 Å². The number of hydrogen-bond donors (Lipinski definition) is 2. The summed E-state index contributed by atoms with van der Waals surface area (Å²) in [6, 6.07) is 6.85. The van der Waals surface area contributed by atoms with Gasteiger partial charge in [0.1, 0.15) is 0 Å². The molecule has 0 aliphatic carbocycles. The van der Waals surface area contributed by atoms with Crippen molar-refractivity contribution < 1.29 is 13.2 Å². The Morgan fingerprint density at radius 1 is 1.23 bits per heavy atom. The molecular weight excluding hydrogens is 374 g/mol. The lowest BCUT2D eigenvalue weighted by atomic mass is 10.1. The predicted molar refractivity (Wildman–Crippen MR) is 102 cm³/mol. The summed E-state index contributed by atoms with van der Waals surface area (Å²) >= 11 is 1.31. The van der Waals surface area contributed by atoms with Crippen LogP contribution in [0.1, 0.15) is 16.1 Å². The summed E-state index contributed by atoms with van der Waals surface area (Å²) in [5.41, 5.74) is 3.26. The van der Waals surface area contributed by atoms with Gasteiger partial charge in [0.05, 0.1) is 23.7 Å². The zero-order valence-electron chi connectivity index (χ0n) is 14.3. The maximum atomic E-state index is 12.3. The first-order valence-corrected chi connectivity index (χ1v) is 10.3. The minimum absolute atomic E-state index is 0.260. The number of amides is 1. The van der Waals surface area contributed by atoms with Crippen LogP contribution in [-0.2, 0) is 17.1 Å². The number of thiazole rings is 1. The third-order valence-electron chi connectivity index (χ3n) is 3.69. The summed E-state index contributed by atoms with van der Waals surface area (Å²) in [4.78, 5) is 16.7. The fraction of sp³-hybridized carbons (Fsp3) is 0.188. The van der Waals surface area contributed by atoms with Gasteiger partial charge in [0.2, 0.25) is 10.0 Å². The molecule has 8 nitrogen and oxygen atoms in total. The van der Waals surface area contributed by atoms with Crippen LogP contribution in [0.5, 0.6) is 0 Å². The maximum Gasteiger partial charge on any atom is 0.260 e. The molecule has 0 aliphatic heterocycles. The van der Waals surface area contributed by atoms with Gasteiger partial charge >= 0.3 is 0 Å². The molecule has 0 atom stereocenters. The van der Waals surface area contributed by atoms with E-state index in [2.05, 4.69) is 20.1 Å². The van der Waals surface area contributed by atoms with Gasteiger partial charge in [-0.1, -0.05) is 12.1 Å². The normalized spacial score (nSPS) is 11.3. The molecule has 3 rings (SSSR count). The fourth-order valence-corrected chi connectivity index (χ4v) is 3.55. The predicted octanol–water partition coefficient (Wildman–Crippen LogP) is 2.48. The zero-order chi connectivity index (χ0) is 18.9. The minimum Gasteiger partial charge on any atom is -0.298 e. The average molecular weight is 391 g/mol. The minimum atomic E-state index is -3.31. The number of sulfonamides is 1. The van der Waals surface area contributed by atoms with Crippen LogP contribution in [0.3, 0.4) is 0 Å². The van der Waals surface area contributed by atoms with E-state index in [9.17, 15) is 13.2 Å². The van der Waals surface area contributed by atoms with Gasteiger partial charge in [-0.25, -0.2) is 13.4 Å². The quantitative estimate of drug-likeness (QED) is 0.695. The van der Waals surface area contributed by atoms with E-state index in [0.717, 1.165) is 17.5 Å². The number of aromatic nitrogens is 3. The molecule has 136 valence electrons. The molecule has 0 fully saturated rings. The Hall–Kier alpha value is -2.72. The van der Waals surface area contributed by atoms with Crippen molar-refractivity contribution in [1.82, 2.24) is 14.8 Å². The van der Waals surface area contributed by atoms with Crippen LogP contribution in [0.2, 0.25) is 0 Å². The number of nitrogens with zero attached hydrogens (tertiary/aromatic N) is 3. The molecule has 0 saturated heterocycles. The summed E-state index contributed by atoms with van der Waals surface area (Å²) in [5, 5.41) is 9.13. The Morgan fingerprint density at radius 3 is 2.50 bits per heavy atom. The summed E-state index contributed by atoms with van der Waals surface area (Å²) in [6.45, 7) is 1.82. The zero-order valence-corrected chi connectivity index (χ0v) is 16.0. The Labute approximate surface area is 154 Å². The van der Waals surface area contributed by atoms with Gasteiger partial charge in [-0.2, -0.15) is 5.10 Å². The van der Waals surface area contributed by atoms with Crippen molar-refractivity contribution in [1.29, 1.82) is 0 Å². The van der Waals surface area contributed by atoms with E-state index in [1.165, 1.54) is 17.5 Å². The number of rotatable bonds is 5. The van der Waals surface area contributed by atoms with Gasteiger partial charge in [0.25, 0.3) is 5.91 Å². The standard InChI is InChI=1S/C16H17N5O3S2/c1-10-13(8-17-21(10)2)15(22)19-16-18-14(9-25-16)11-4-6-12(7-5-11)20-26(3,23)24/h4-9,20H,1-3H3,(H,18,19,22). The van der Waals surface area contributed by atoms with Crippen LogP contribution in [0.15, 0.2) is 35.8 Å². The molecule has 0 aliphatic rings. The highest BCUT2D eigenvalue weighted by atomic mass is 32.2. The highest BCUT2D eigenvalue weighted by Crippen LogP contribution is 2.26. The first-order valence-electron chi connectivity index (χ1n) is 7.56. The van der Waals surface area contributed by atoms with Crippen molar-refractivity contribution >= 4 is 38.1 Å². The molecule has 10 heteroatoms. The van der Waals surface area contributed by atoms with E-state index in [0.29, 0.717) is 22.1 Å². The second-order valence-electron chi connectivity index (χ2n) is 5.71. The molecule has 2 heterocycles. The summed E-state index contributed by atoms with van der Waals surface area (Å²) in [5.74, 6) is -0.260. The lowest BCUT2D eigenvalue weighted by Gasteiger charge is -2.04. The number of hydrogen-bond acceptors (Lipinski definition) is 6. The third-order valence-corrected chi connectivity index (χ3v) is 5.05. The van der Waals surface area contributed by atoms with Gasteiger partial charge in [-0.05, 0) is 19.1 Å². The molecule has 3 aromatic rings. The lowest BCUT2D eigenvalue weighted by Crippen LogP contribution is -2.12. The molecule has 26 heavy (non-hydrogen) atoms. The maximum absolute atomic E-state index is 12.3. The van der Waals surface area contributed by atoms with Gasteiger partial charge < -0.3 is 0 Å². The average Bonchev–Trinajstić information content (AvgIpc) is 3.14. The van der Waals surface area contributed by atoms with Crippen molar-refractivity contribution in [3.05, 3.63) is 47.1 Å².